The van der Waals surface area contributed by atoms with Gasteiger partial charge in [0.2, 0.25) is 11.8 Å². The van der Waals surface area contributed by atoms with E-state index in [1.54, 1.807) is 18.2 Å². The van der Waals surface area contributed by atoms with Gasteiger partial charge in [-0.2, -0.15) is 0 Å². The zero-order chi connectivity index (χ0) is 15.7. The van der Waals surface area contributed by atoms with Crippen molar-refractivity contribution in [3.05, 3.63) is 28.7 Å². The van der Waals surface area contributed by atoms with Crippen molar-refractivity contribution >= 4 is 5.69 Å². The van der Waals surface area contributed by atoms with E-state index in [1.165, 1.54) is 0 Å². The Morgan fingerprint density at radius 1 is 1.32 bits per heavy atom. The first kappa shape index (κ1) is 14.6. The molecule has 0 aliphatic heterocycles. The molecule has 22 heavy (non-hydrogen) atoms. The Bertz CT molecular complexity index is 716. The van der Waals surface area contributed by atoms with Crippen LogP contribution in [0.15, 0.2) is 27.4 Å². The fourth-order valence-corrected chi connectivity index (χ4v) is 2.49. The number of anilines is 1. The lowest BCUT2D eigenvalue weighted by Crippen LogP contribution is -2.30. The van der Waals surface area contributed by atoms with Crippen LogP contribution >= 0.6 is 0 Å². The van der Waals surface area contributed by atoms with Crippen LogP contribution < -0.4 is 16.2 Å². The lowest BCUT2D eigenvalue weighted by Gasteiger charge is -2.28. The van der Waals surface area contributed by atoms with E-state index in [-0.39, 0.29) is 37.7 Å². The van der Waals surface area contributed by atoms with Crippen LogP contribution in [0, 0.1) is 0 Å². The van der Waals surface area contributed by atoms with E-state index in [1.807, 2.05) is 0 Å². The molecule has 0 radical (unpaired) electrons. The lowest BCUT2D eigenvalue weighted by molar-refractivity contribution is -0.0582. The first-order valence-electron chi connectivity index (χ1n) is 6.92. The van der Waals surface area contributed by atoms with Crippen molar-refractivity contribution in [3.8, 4) is 17.2 Å². The number of nitrogens with zero attached hydrogens (tertiary/aromatic N) is 1. The van der Waals surface area contributed by atoms with Crippen molar-refractivity contribution in [1.29, 1.82) is 0 Å². The number of H-pyrrole nitrogens is 1. The lowest BCUT2D eigenvalue weighted by atomic mass is 9.94. The fraction of sp³-hybridized carbons (Fsp3) is 0.429. The molecule has 0 bridgehead atoms. The molecule has 0 atom stereocenters. The largest absolute Gasteiger partial charge is 0.490 e. The number of alkyl halides is 2. The van der Waals surface area contributed by atoms with Crippen molar-refractivity contribution in [2.75, 3.05) is 5.73 Å². The van der Waals surface area contributed by atoms with Gasteiger partial charge < -0.3 is 14.9 Å². The zero-order valence-electron chi connectivity index (χ0n) is 11.6. The summed E-state index contributed by atoms with van der Waals surface area (Å²) in [6.07, 6.45) is -0.0637. The first-order chi connectivity index (χ1) is 10.4. The van der Waals surface area contributed by atoms with Crippen LogP contribution in [0.1, 0.15) is 25.7 Å². The van der Waals surface area contributed by atoms with Crippen LogP contribution in [0.2, 0.25) is 0 Å². The molecule has 1 heterocycles. The minimum atomic E-state index is -2.60. The van der Waals surface area contributed by atoms with Gasteiger partial charge in [-0.1, -0.05) is 0 Å². The summed E-state index contributed by atoms with van der Waals surface area (Å²) in [7, 11) is 0. The third-order valence-electron chi connectivity index (χ3n) is 3.58. The average molecular weight is 311 g/mol. The Balaban J connectivity index is 1.77. The fourth-order valence-electron chi connectivity index (χ4n) is 2.49. The number of rotatable bonds is 3. The van der Waals surface area contributed by atoms with E-state index in [2.05, 4.69) is 10.2 Å². The highest BCUT2D eigenvalue weighted by molar-refractivity contribution is 5.63. The minimum absolute atomic E-state index is 0.0947. The quantitative estimate of drug-likeness (QED) is 0.850. The van der Waals surface area contributed by atoms with E-state index < -0.39 is 11.7 Å². The van der Waals surface area contributed by atoms with Crippen LogP contribution in [-0.2, 0) is 0 Å². The molecule has 3 N–H and O–H groups in total. The molecule has 118 valence electrons. The predicted molar refractivity (Wildman–Crippen MR) is 74.8 cm³/mol. The van der Waals surface area contributed by atoms with Gasteiger partial charge in [-0.05, 0) is 25.0 Å². The second kappa shape index (κ2) is 5.43. The monoisotopic (exact) mass is 311 g/mol. The van der Waals surface area contributed by atoms with Crippen molar-refractivity contribution < 1.29 is 17.9 Å². The molecule has 2 aromatic rings. The van der Waals surface area contributed by atoms with E-state index in [0.29, 0.717) is 17.0 Å². The standard InChI is InChI=1S/C14H15F2N3O3/c15-14(16)3-1-10(2-4-14)21-11-6-8(5-9(17)7-11)12-18-19-13(20)22-12/h5-7,10H,1-4,17H2,(H,19,20). The maximum Gasteiger partial charge on any atom is 0.434 e. The summed E-state index contributed by atoms with van der Waals surface area (Å²) in [5, 5.41) is 5.88. The molecule has 1 aromatic carbocycles. The molecule has 1 aliphatic carbocycles. The van der Waals surface area contributed by atoms with Crippen LogP contribution in [0.3, 0.4) is 0 Å². The normalized spacial score (nSPS) is 18.3. The SMILES string of the molecule is Nc1cc(OC2CCC(F)(F)CC2)cc(-c2n[nH]c(=O)o2)c1. The molecule has 1 fully saturated rings. The zero-order valence-corrected chi connectivity index (χ0v) is 11.6. The molecule has 1 saturated carbocycles. The molecular formula is C14H15F2N3O3. The topological polar surface area (TPSA) is 94.1 Å². The molecule has 0 unspecified atom stereocenters. The third-order valence-corrected chi connectivity index (χ3v) is 3.58. The van der Waals surface area contributed by atoms with Crippen molar-refractivity contribution in [2.45, 2.75) is 37.7 Å². The molecule has 3 rings (SSSR count). The average Bonchev–Trinajstić information content (AvgIpc) is 2.87. The van der Waals surface area contributed by atoms with Crippen LogP contribution in [-0.4, -0.2) is 22.2 Å². The summed E-state index contributed by atoms with van der Waals surface area (Å²) in [5.41, 5.74) is 6.68. The van der Waals surface area contributed by atoms with Gasteiger partial charge in [0.05, 0.1) is 6.10 Å². The summed E-state index contributed by atoms with van der Waals surface area (Å²) in [6, 6.07) is 4.80. The van der Waals surface area contributed by atoms with Crippen LogP contribution in [0.4, 0.5) is 14.5 Å². The smallest absolute Gasteiger partial charge is 0.434 e. The van der Waals surface area contributed by atoms with E-state index >= 15 is 0 Å². The predicted octanol–water partition coefficient (Wildman–Crippen LogP) is 2.57. The third kappa shape index (κ3) is 3.26. The molecule has 0 saturated heterocycles. The van der Waals surface area contributed by atoms with E-state index in [9.17, 15) is 13.6 Å². The Kier molecular flexibility index (Phi) is 3.59. The maximum absolute atomic E-state index is 13.1. The number of hydrogen-bond acceptors (Lipinski definition) is 5. The summed E-state index contributed by atoms with van der Waals surface area (Å²) >= 11 is 0. The number of nitrogens with one attached hydrogen (secondary N) is 1. The number of nitrogens with two attached hydrogens (primary N) is 1. The Morgan fingerprint density at radius 2 is 2.05 bits per heavy atom. The highest BCUT2D eigenvalue weighted by Crippen LogP contribution is 2.35. The summed E-state index contributed by atoms with van der Waals surface area (Å²) in [4.78, 5) is 11.0. The molecule has 0 spiro atoms. The Labute approximate surface area is 124 Å². The second-order valence-electron chi connectivity index (χ2n) is 5.38. The van der Waals surface area contributed by atoms with Crippen molar-refractivity contribution in [3.63, 3.8) is 0 Å². The molecule has 0 amide bonds. The van der Waals surface area contributed by atoms with E-state index in [4.69, 9.17) is 14.9 Å². The number of aromatic amines is 1. The minimum Gasteiger partial charge on any atom is -0.490 e. The molecule has 6 nitrogen and oxygen atoms in total. The molecular weight excluding hydrogens is 296 g/mol. The first-order valence-corrected chi connectivity index (χ1v) is 6.92. The Hall–Kier alpha value is -2.38. The number of aromatic nitrogens is 2. The van der Waals surface area contributed by atoms with Gasteiger partial charge in [0, 0.05) is 30.2 Å². The molecule has 8 heteroatoms. The highest BCUT2D eigenvalue weighted by atomic mass is 19.3. The number of halogens is 2. The number of hydrogen-bond donors (Lipinski definition) is 2. The Morgan fingerprint density at radius 3 is 2.68 bits per heavy atom. The van der Waals surface area contributed by atoms with Crippen molar-refractivity contribution in [1.82, 2.24) is 10.2 Å². The van der Waals surface area contributed by atoms with Gasteiger partial charge >= 0.3 is 5.76 Å². The molecule has 1 aliphatic rings. The molecule has 1 aromatic heterocycles. The van der Waals surface area contributed by atoms with Gasteiger partial charge in [0.15, 0.2) is 0 Å². The summed E-state index contributed by atoms with van der Waals surface area (Å²) in [6.45, 7) is 0. The van der Waals surface area contributed by atoms with Gasteiger partial charge in [-0.15, -0.1) is 5.10 Å². The number of benzene rings is 1. The highest BCUT2D eigenvalue weighted by Gasteiger charge is 2.35. The van der Waals surface area contributed by atoms with Gasteiger partial charge in [-0.3, -0.25) is 0 Å². The second-order valence-corrected chi connectivity index (χ2v) is 5.38. The van der Waals surface area contributed by atoms with Crippen molar-refractivity contribution in [2.24, 2.45) is 0 Å². The van der Waals surface area contributed by atoms with Crippen LogP contribution in [0.5, 0.6) is 5.75 Å². The van der Waals surface area contributed by atoms with Crippen LogP contribution in [0.25, 0.3) is 11.5 Å². The van der Waals surface area contributed by atoms with Gasteiger partial charge in [0.25, 0.3) is 0 Å². The summed E-state index contributed by atoms with van der Waals surface area (Å²) in [5.74, 6) is -2.73. The maximum atomic E-state index is 13.1. The van der Waals surface area contributed by atoms with Gasteiger partial charge in [0.1, 0.15) is 5.75 Å². The van der Waals surface area contributed by atoms with Gasteiger partial charge in [-0.25, -0.2) is 18.7 Å². The number of ether oxygens (including phenoxy) is 1. The van der Waals surface area contributed by atoms with E-state index in [0.717, 1.165) is 0 Å². The number of nitrogen functional groups attached to an aromatic ring is 1. The summed E-state index contributed by atoms with van der Waals surface area (Å²) < 4.78 is 36.9.